The van der Waals surface area contributed by atoms with E-state index in [0.29, 0.717) is 30.4 Å². The van der Waals surface area contributed by atoms with E-state index in [-0.39, 0.29) is 0 Å². The molecule has 336 valence electrons. The van der Waals surface area contributed by atoms with Crippen molar-refractivity contribution in [2.45, 2.75) is 18.5 Å². The SMILES string of the molecule is C=NC(=NCc1ccc(-c2ccccc2)cc1)c1ccc(-c2ccccc2)cc1.NCc1cccc(-c2ccc3c(c2)Oc2ccc4c(c2O3)-c2ccccc2C4(c2ccccc2)c2ccccc2)c1. The van der Waals surface area contributed by atoms with Gasteiger partial charge >= 0.3 is 0 Å². The minimum atomic E-state index is -0.481. The lowest BCUT2D eigenvalue weighted by atomic mass is 9.68. The Kier molecular flexibility index (Phi) is 12.1. The Bertz CT molecular complexity index is 3440. The Balaban J connectivity index is 0.000000162. The first-order valence-corrected chi connectivity index (χ1v) is 23.6. The van der Waals surface area contributed by atoms with Gasteiger partial charge in [0.25, 0.3) is 0 Å². The van der Waals surface area contributed by atoms with E-state index in [9.17, 15) is 0 Å². The highest BCUT2D eigenvalue weighted by molar-refractivity contribution is 6.01. The van der Waals surface area contributed by atoms with Crippen LogP contribution in [-0.4, -0.2) is 12.6 Å². The lowest BCUT2D eigenvalue weighted by Crippen LogP contribution is -2.28. The summed E-state index contributed by atoms with van der Waals surface area (Å²) in [6.45, 7) is 4.78. The van der Waals surface area contributed by atoms with Gasteiger partial charge in [-0.25, -0.2) is 4.99 Å². The number of nitrogens with zero attached hydrogens (tertiary/aromatic N) is 2. The lowest BCUT2D eigenvalue weighted by Gasteiger charge is -2.34. The van der Waals surface area contributed by atoms with E-state index in [4.69, 9.17) is 15.2 Å². The monoisotopic (exact) mass is 903 g/mol. The van der Waals surface area contributed by atoms with Gasteiger partial charge in [-0.2, -0.15) is 0 Å². The predicted octanol–water partition coefficient (Wildman–Crippen LogP) is 15.7. The van der Waals surface area contributed by atoms with Gasteiger partial charge in [-0.15, -0.1) is 0 Å². The summed E-state index contributed by atoms with van der Waals surface area (Å²) in [5.41, 5.74) is 22.7. The number of benzene rings is 10. The molecule has 5 heteroatoms. The van der Waals surface area contributed by atoms with E-state index in [1.54, 1.807) is 0 Å². The van der Waals surface area contributed by atoms with Crippen LogP contribution in [0.15, 0.2) is 259 Å². The van der Waals surface area contributed by atoms with E-state index in [1.807, 2.05) is 60.7 Å². The normalized spacial score (nSPS) is 12.7. The topological polar surface area (TPSA) is 69.2 Å². The van der Waals surface area contributed by atoms with Gasteiger partial charge < -0.3 is 15.2 Å². The molecule has 0 bridgehead atoms. The van der Waals surface area contributed by atoms with Crippen molar-refractivity contribution >= 4 is 12.6 Å². The molecule has 10 aromatic carbocycles. The molecule has 0 saturated heterocycles. The van der Waals surface area contributed by atoms with E-state index in [1.165, 1.54) is 44.5 Å². The van der Waals surface area contributed by atoms with Crippen LogP contribution in [-0.2, 0) is 18.5 Å². The summed E-state index contributed by atoms with van der Waals surface area (Å²) in [6, 6.07) is 86.4. The smallest absolute Gasteiger partial charge is 0.178 e. The first kappa shape index (κ1) is 43.7. The summed E-state index contributed by atoms with van der Waals surface area (Å²) in [6.07, 6.45) is 0. The molecule has 0 radical (unpaired) electrons. The van der Waals surface area contributed by atoms with Crippen LogP contribution in [0.4, 0.5) is 0 Å². The predicted molar refractivity (Wildman–Crippen MR) is 287 cm³/mol. The molecule has 0 spiro atoms. The number of nitrogens with two attached hydrogens (primary N) is 1. The van der Waals surface area contributed by atoms with E-state index in [0.717, 1.165) is 50.4 Å². The first-order chi connectivity index (χ1) is 34.6. The van der Waals surface area contributed by atoms with E-state index >= 15 is 0 Å². The van der Waals surface area contributed by atoms with Gasteiger partial charge in [0.1, 0.15) is 0 Å². The number of ether oxygens (including phenoxy) is 2. The number of hydrogen-bond acceptors (Lipinski definition) is 4. The molecule has 2 N–H and O–H groups in total. The molecular weight excluding hydrogens is 855 g/mol. The lowest BCUT2D eigenvalue weighted by molar-refractivity contribution is 0.360. The van der Waals surface area contributed by atoms with Gasteiger partial charge in [0.15, 0.2) is 28.8 Å². The first-order valence-electron chi connectivity index (χ1n) is 23.6. The molecule has 70 heavy (non-hydrogen) atoms. The van der Waals surface area contributed by atoms with Gasteiger partial charge in [0, 0.05) is 17.7 Å². The Labute approximate surface area is 409 Å². The van der Waals surface area contributed by atoms with Crippen molar-refractivity contribution in [3.63, 3.8) is 0 Å². The molecule has 12 rings (SSSR count). The number of fused-ring (bicyclic) bond motifs is 6. The summed E-state index contributed by atoms with van der Waals surface area (Å²) < 4.78 is 13.3. The van der Waals surface area contributed by atoms with Crippen molar-refractivity contribution in [1.82, 2.24) is 0 Å². The fraction of sp³-hybridized carbons (Fsp3) is 0.0462. The molecule has 1 heterocycles. The highest BCUT2D eigenvalue weighted by atomic mass is 16.6. The molecule has 1 aliphatic heterocycles. The standard InChI is InChI=1S/C38H27NO2.C27H22N2/c39-24-25-10-9-11-26(22-25)27-18-20-33-35(23-27)40-34-21-19-32-36(37(34)41-33)30-16-7-8-17-31(30)38(32,28-12-3-1-4-13-28)29-14-5-2-6-15-29;1-28-27(26-18-16-25(17-19-26)23-10-6-3-7-11-23)29-20-21-12-14-24(15-13-21)22-8-4-2-5-9-22/h1-23H,24,39H2;2-19H,1,20H2. The zero-order valence-electron chi connectivity index (χ0n) is 38.6. The third kappa shape index (κ3) is 8.29. The molecule has 0 atom stereocenters. The zero-order chi connectivity index (χ0) is 47.3. The maximum Gasteiger partial charge on any atom is 0.178 e. The fourth-order valence-corrected chi connectivity index (χ4v) is 9.90. The van der Waals surface area contributed by atoms with Gasteiger partial charge in [0.2, 0.25) is 0 Å². The average molecular weight is 904 g/mol. The molecule has 5 nitrogen and oxygen atoms in total. The molecule has 1 aliphatic carbocycles. The van der Waals surface area contributed by atoms with Crippen molar-refractivity contribution in [1.29, 1.82) is 0 Å². The Hall–Kier alpha value is -8.90. The minimum Gasteiger partial charge on any atom is -0.449 e. The van der Waals surface area contributed by atoms with Gasteiger partial charge in [-0.05, 0) is 103 Å². The van der Waals surface area contributed by atoms with Crippen LogP contribution in [0, 0.1) is 0 Å². The summed E-state index contributed by atoms with van der Waals surface area (Å²) in [5, 5.41) is 0. The molecule has 0 aromatic heterocycles. The average Bonchev–Trinajstić information content (AvgIpc) is 3.75. The quantitative estimate of drug-likeness (QED) is 0.116. The van der Waals surface area contributed by atoms with Crippen LogP contribution in [0.5, 0.6) is 23.0 Å². The summed E-state index contributed by atoms with van der Waals surface area (Å²) in [7, 11) is 0. The largest absolute Gasteiger partial charge is 0.449 e. The van der Waals surface area contributed by atoms with Crippen molar-refractivity contribution in [3.05, 3.63) is 288 Å². The summed E-state index contributed by atoms with van der Waals surface area (Å²) >= 11 is 0. The van der Waals surface area contributed by atoms with Gasteiger partial charge in [-0.3, -0.25) is 4.99 Å². The highest BCUT2D eigenvalue weighted by Gasteiger charge is 2.48. The molecule has 10 aromatic rings. The maximum atomic E-state index is 6.73. The number of hydrogen-bond donors (Lipinski definition) is 1. The number of rotatable bonds is 9. The molecule has 0 saturated carbocycles. The van der Waals surface area contributed by atoms with Crippen molar-refractivity contribution in [2.75, 3.05) is 0 Å². The van der Waals surface area contributed by atoms with Crippen LogP contribution in [0.3, 0.4) is 0 Å². The second-order valence-corrected chi connectivity index (χ2v) is 17.4. The van der Waals surface area contributed by atoms with Crippen molar-refractivity contribution in [2.24, 2.45) is 15.7 Å². The van der Waals surface area contributed by atoms with Crippen molar-refractivity contribution < 1.29 is 9.47 Å². The van der Waals surface area contributed by atoms with Crippen LogP contribution in [0.2, 0.25) is 0 Å². The molecule has 0 fully saturated rings. The maximum absolute atomic E-state index is 6.73. The van der Waals surface area contributed by atoms with Crippen LogP contribution in [0.25, 0.3) is 44.5 Å². The second kappa shape index (κ2) is 19.4. The summed E-state index contributed by atoms with van der Waals surface area (Å²) in [4.78, 5) is 8.82. The zero-order valence-corrected chi connectivity index (χ0v) is 38.6. The van der Waals surface area contributed by atoms with Crippen LogP contribution >= 0.6 is 0 Å². The molecule has 0 amide bonds. The Morgan fingerprint density at radius 3 is 1.59 bits per heavy atom. The molecular formula is C65H49N3O2. The third-order valence-corrected chi connectivity index (χ3v) is 13.3. The van der Waals surface area contributed by atoms with Gasteiger partial charge in [-0.1, -0.05) is 224 Å². The minimum absolute atomic E-state index is 0.481. The van der Waals surface area contributed by atoms with Crippen LogP contribution < -0.4 is 15.2 Å². The molecule has 0 unspecified atom stereocenters. The van der Waals surface area contributed by atoms with Crippen molar-refractivity contribution in [3.8, 4) is 67.5 Å². The number of amidine groups is 1. The summed E-state index contributed by atoms with van der Waals surface area (Å²) in [5.74, 6) is 3.55. The van der Waals surface area contributed by atoms with Gasteiger partial charge in [0.05, 0.1) is 12.0 Å². The Morgan fingerprint density at radius 2 is 0.957 bits per heavy atom. The van der Waals surface area contributed by atoms with E-state index < -0.39 is 5.41 Å². The highest BCUT2D eigenvalue weighted by Crippen LogP contribution is 2.62. The van der Waals surface area contributed by atoms with E-state index in [2.05, 4.69) is 205 Å². The number of aliphatic imine (C=N–C) groups is 2. The molecule has 2 aliphatic rings. The third-order valence-electron chi connectivity index (χ3n) is 13.3. The van der Waals surface area contributed by atoms with Crippen LogP contribution in [0.1, 0.15) is 38.9 Å². The Morgan fingerprint density at radius 1 is 0.429 bits per heavy atom. The second-order valence-electron chi connectivity index (χ2n) is 17.4. The fourth-order valence-electron chi connectivity index (χ4n) is 9.90.